The lowest BCUT2D eigenvalue weighted by molar-refractivity contribution is -0.114. The summed E-state index contributed by atoms with van der Waals surface area (Å²) in [6.07, 6.45) is 0. The summed E-state index contributed by atoms with van der Waals surface area (Å²) in [5.74, 6) is -2.89. The lowest BCUT2D eigenvalue weighted by atomic mass is 9.82. The van der Waals surface area contributed by atoms with E-state index in [1.165, 1.54) is 42.5 Å². The van der Waals surface area contributed by atoms with E-state index in [9.17, 15) is 23.6 Å². The molecule has 3 N–H and O–H groups in total. The lowest BCUT2D eigenvalue weighted by Gasteiger charge is -2.30. The van der Waals surface area contributed by atoms with E-state index in [2.05, 4.69) is 22.0 Å². The predicted octanol–water partition coefficient (Wildman–Crippen LogP) is 5.67. The number of carbonyl (C=O) groups is 2. The zero-order valence-electron chi connectivity index (χ0n) is 19.7. The zero-order valence-corrected chi connectivity index (χ0v) is 20.5. The molecule has 1 aliphatic rings. The number of nitrogens with one attached hydrogen (secondary N) is 3. The first-order chi connectivity index (χ1) is 17.9. The molecule has 4 rings (SSSR count). The number of hydrogen-bond acceptors (Lipinski definition) is 5. The molecule has 1 unspecified atom stereocenters. The van der Waals surface area contributed by atoms with Crippen LogP contribution in [-0.2, 0) is 9.59 Å². The lowest BCUT2D eigenvalue weighted by Crippen LogP contribution is -2.31. The minimum Gasteiger partial charge on any atom is -0.353 e. The molecule has 1 heterocycles. The number of benzene rings is 3. The number of dihydropyridines is 1. The third kappa shape index (κ3) is 6.05. The molecule has 3 aromatic rings. The largest absolute Gasteiger partial charge is 0.353 e. The molecule has 0 spiro atoms. The van der Waals surface area contributed by atoms with Crippen LogP contribution < -0.4 is 16.0 Å². The first-order valence-corrected chi connectivity index (χ1v) is 12.3. The van der Waals surface area contributed by atoms with Crippen molar-refractivity contribution in [1.82, 2.24) is 5.32 Å². The van der Waals surface area contributed by atoms with Gasteiger partial charge in [-0.05, 0) is 49.4 Å². The fourth-order valence-electron chi connectivity index (χ4n) is 3.94. The number of carbonyl (C=O) groups excluding carboxylic acids is 2. The molecule has 0 bridgehead atoms. The van der Waals surface area contributed by atoms with Crippen molar-refractivity contribution in [3.05, 3.63) is 118 Å². The summed E-state index contributed by atoms with van der Waals surface area (Å²) in [5, 5.41) is 19.0. The highest BCUT2D eigenvalue weighted by Gasteiger charge is 2.36. The Bertz CT molecular complexity index is 1430. The Morgan fingerprint density at radius 2 is 1.59 bits per heavy atom. The van der Waals surface area contributed by atoms with Gasteiger partial charge >= 0.3 is 0 Å². The Labute approximate surface area is 217 Å². The van der Waals surface area contributed by atoms with E-state index in [0.29, 0.717) is 22.1 Å². The zero-order chi connectivity index (χ0) is 26.4. The molecular formula is C28H22F2N4O2S. The summed E-state index contributed by atoms with van der Waals surface area (Å²) in [5.41, 5.74) is 1.91. The Hall–Kier alpha value is -4.42. The van der Waals surface area contributed by atoms with E-state index in [0.717, 1.165) is 11.8 Å². The summed E-state index contributed by atoms with van der Waals surface area (Å²) < 4.78 is 28.1. The molecule has 6 nitrogen and oxygen atoms in total. The maximum absolute atomic E-state index is 15.0. The predicted molar refractivity (Wildman–Crippen MR) is 140 cm³/mol. The molecule has 0 saturated carbocycles. The summed E-state index contributed by atoms with van der Waals surface area (Å²) in [6, 6.07) is 22.3. The van der Waals surface area contributed by atoms with Crippen LogP contribution in [0.3, 0.4) is 0 Å². The molecule has 0 aromatic heterocycles. The number of nitrogens with zero attached hydrogens (tertiary/aromatic N) is 1. The molecule has 1 aliphatic heterocycles. The highest BCUT2D eigenvalue weighted by molar-refractivity contribution is 8.03. The highest BCUT2D eigenvalue weighted by Crippen LogP contribution is 2.41. The molecule has 9 heteroatoms. The van der Waals surface area contributed by atoms with Crippen LogP contribution in [0, 0.1) is 23.0 Å². The van der Waals surface area contributed by atoms with Gasteiger partial charge in [-0.15, -0.1) is 0 Å². The van der Waals surface area contributed by atoms with Crippen molar-refractivity contribution in [2.45, 2.75) is 12.8 Å². The molecule has 37 heavy (non-hydrogen) atoms. The Balaban J connectivity index is 1.63. The molecule has 1 atom stereocenters. The van der Waals surface area contributed by atoms with Crippen LogP contribution in [0.2, 0.25) is 0 Å². The molecule has 0 fully saturated rings. The van der Waals surface area contributed by atoms with E-state index in [-0.39, 0.29) is 28.4 Å². The number of thioether (sulfide) groups is 1. The molecular weight excluding hydrogens is 494 g/mol. The van der Waals surface area contributed by atoms with Gasteiger partial charge in [-0.1, -0.05) is 48.2 Å². The second kappa shape index (κ2) is 11.5. The number of allylic oxidation sites excluding steroid dienone is 2. The maximum atomic E-state index is 15.0. The van der Waals surface area contributed by atoms with Crippen LogP contribution in [0.15, 0.2) is 101 Å². The maximum Gasteiger partial charge on any atom is 0.254 e. The number of para-hydroxylation sites is 1. The third-order valence-electron chi connectivity index (χ3n) is 5.62. The van der Waals surface area contributed by atoms with Crippen LogP contribution in [0.25, 0.3) is 0 Å². The first kappa shape index (κ1) is 25.7. The van der Waals surface area contributed by atoms with Crippen molar-refractivity contribution >= 4 is 35.0 Å². The van der Waals surface area contributed by atoms with E-state index >= 15 is 0 Å². The van der Waals surface area contributed by atoms with Crippen LogP contribution in [0.4, 0.5) is 20.2 Å². The number of rotatable bonds is 7. The molecule has 186 valence electrons. The van der Waals surface area contributed by atoms with Crippen LogP contribution >= 0.6 is 11.8 Å². The fourth-order valence-corrected chi connectivity index (χ4v) is 4.83. The van der Waals surface area contributed by atoms with Gasteiger partial charge in [-0.3, -0.25) is 9.59 Å². The molecule has 0 aliphatic carbocycles. The monoisotopic (exact) mass is 516 g/mol. The van der Waals surface area contributed by atoms with Crippen molar-refractivity contribution < 1.29 is 18.4 Å². The SMILES string of the molecule is CC1=C(C(=O)Nc2ccccc2)C(c2ccccc2F)C(C#N)=C(SCC(=O)Nc2ccc(F)cc2)N1. The van der Waals surface area contributed by atoms with E-state index in [1.807, 2.05) is 6.07 Å². The second-order valence-corrected chi connectivity index (χ2v) is 9.12. The van der Waals surface area contributed by atoms with Gasteiger partial charge in [0.05, 0.1) is 28.3 Å². The summed E-state index contributed by atoms with van der Waals surface area (Å²) in [6.45, 7) is 1.67. The van der Waals surface area contributed by atoms with Gasteiger partial charge in [0, 0.05) is 28.2 Å². The number of anilines is 2. The van der Waals surface area contributed by atoms with Crippen molar-refractivity contribution in [2.75, 3.05) is 16.4 Å². The highest BCUT2D eigenvalue weighted by atomic mass is 32.2. The number of halogens is 2. The topological polar surface area (TPSA) is 94.0 Å². The van der Waals surface area contributed by atoms with Crippen LogP contribution in [0.1, 0.15) is 18.4 Å². The average molecular weight is 517 g/mol. The Kier molecular flexibility index (Phi) is 8.01. The Morgan fingerprint density at radius 3 is 2.27 bits per heavy atom. The fraction of sp³-hybridized carbons (Fsp3) is 0.107. The molecule has 3 aromatic carbocycles. The minimum absolute atomic E-state index is 0.0757. The van der Waals surface area contributed by atoms with Gasteiger partial charge in [0.15, 0.2) is 0 Å². The van der Waals surface area contributed by atoms with Crippen LogP contribution in [-0.4, -0.2) is 17.6 Å². The van der Waals surface area contributed by atoms with Gasteiger partial charge in [0.1, 0.15) is 11.6 Å². The number of nitriles is 1. The summed E-state index contributed by atoms with van der Waals surface area (Å²) in [4.78, 5) is 25.9. The van der Waals surface area contributed by atoms with Gasteiger partial charge in [0.2, 0.25) is 5.91 Å². The van der Waals surface area contributed by atoms with E-state index < -0.39 is 23.5 Å². The van der Waals surface area contributed by atoms with Crippen molar-refractivity contribution in [3.63, 3.8) is 0 Å². The van der Waals surface area contributed by atoms with Crippen LogP contribution in [0.5, 0.6) is 0 Å². The standard InChI is InChI=1S/C28H22F2N4O2S/c1-17-25(27(36)34-19-7-3-2-4-8-19)26(21-9-5-6-10-23(21)30)22(15-31)28(32-17)37-16-24(35)33-20-13-11-18(29)12-14-20/h2-14,26,32H,16H2,1H3,(H,33,35)(H,34,36). The van der Waals surface area contributed by atoms with Crippen molar-refractivity contribution in [1.29, 1.82) is 5.26 Å². The number of hydrogen-bond donors (Lipinski definition) is 3. The van der Waals surface area contributed by atoms with Gasteiger partial charge in [0.25, 0.3) is 5.91 Å². The summed E-state index contributed by atoms with van der Waals surface area (Å²) in [7, 11) is 0. The molecule has 2 amide bonds. The minimum atomic E-state index is -0.987. The number of amides is 2. The second-order valence-electron chi connectivity index (χ2n) is 8.14. The molecule has 0 saturated heterocycles. The van der Waals surface area contributed by atoms with Crippen molar-refractivity contribution in [3.8, 4) is 6.07 Å². The first-order valence-electron chi connectivity index (χ1n) is 11.3. The Morgan fingerprint density at radius 1 is 0.946 bits per heavy atom. The smallest absolute Gasteiger partial charge is 0.254 e. The van der Waals surface area contributed by atoms with E-state index in [1.54, 1.807) is 37.3 Å². The van der Waals surface area contributed by atoms with Gasteiger partial charge < -0.3 is 16.0 Å². The van der Waals surface area contributed by atoms with Gasteiger partial charge in [-0.25, -0.2) is 8.78 Å². The van der Waals surface area contributed by atoms with Crippen molar-refractivity contribution in [2.24, 2.45) is 0 Å². The average Bonchev–Trinajstić information content (AvgIpc) is 2.89. The summed E-state index contributed by atoms with van der Waals surface area (Å²) >= 11 is 1.06. The molecule has 0 radical (unpaired) electrons. The third-order valence-corrected chi connectivity index (χ3v) is 6.63. The normalized spacial score (nSPS) is 15.0. The van der Waals surface area contributed by atoms with Gasteiger partial charge in [-0.2, -0.15) is 5.26 Å². The van der Waals surface area contributed by atoms with E-state index in [4.69, 9.17) is 0 Å². The quantitative estimate of drug-likeness (QED) is 0.376.